The zero-order valence-electron chi connectivity index (χ0n) is 17.2. The number of carbonyl (C=O) groups is 1. The van der Waals surface area contributed by atoms with Crippen molar-refractivity contribution in [1.82, 2.24) is 4.98 Å². The largest absolute Gasteiger partial charge is 0.462 e. The zero-order valence-corrected chi connectivity index (χ0v) is 18.0. The third-order valence-electron chi connectivity index (χ3n) is 6.84. The van der Waals surface area contributed by atoms with Crippen LogP contribution >= 0.6 is 11.6 Å². The first kappa shape index (κ1) is 20.2. The molecule has 1 aromatic heterocycles. The van der Waals surface area contributed by atoms with Crippen LogP contribution in [0.1, 0.15) is 39.3 Å². The summed E-state index contributed by atoms with van der Waals surface area (Å²) in [5.74, 6) is 1.70. The molecule has 1 saturated heterocycles. The lowest BCUT2D eigenvalue weighted by atomic mass is 9.61. The first-order valence-electron chi connectivity index (χ1n) is 10.6. The van der Waals surface area contributed by atoms with Crippen molar-refractivity contribution in [2.75, 3.05) is 0 Å². The smallest absolute Gasteiger partial charge is 0.309 e. The second-order valence-corrected chi connectivity index (χ2v) is 8.91. The summed E-state index contributed by atoms with van der Waals surface area (Å²) in [7, 11) is 0. The third-order valence-corrected chi connectivity index (χ3v) is 7.17. The number of esters is 1. The Morgan fingerprint density at radius 3 is 2.69 bits per heavy atom. The molecule has 1 aromatic carbocycles. The molecule has 0 spiro atoms. The summed E-state index contributed by atoms with van der Waals surface area (Å²) in [5, 5.41) is 0.727. The van der Waals surface area contributed by atoms with Gasteiger partial charge in [0.15, 0.2) is 0 Å². The van der Waals surface area contributed by atoms with Crippen molar-refractivity contribution < 1.29 is 9.53 Å². The molecule has 1 saturated carbocycles. The number of aromatic nitrogens is 1. The fourth-order valence-electron chi connectivity index (χ4n) is 5.42. The van der Waals surface area contributed by atoms with Crippen LogP contribution in [0.5, 0.6) is 0 Å². The molecule has 0 bridgehead atoms. The van der Waals surface area contributed by atoms with Crippen molar-refractivity contribution in [3.63, 3.8) is 0 Å². The normalized spacial score (nSPS) is 31.7. The second-order valence-electron chi connectivity index (χ2n) is 8.50. The molecule has 0 N–H and O–H groups in total. The van der Waals surface area contributed by atoms with Crippen molar-refractivity contribution >= 4 is 23.6 Å². The van der Waals surface area contributed by atoms with Crippen LogP contribution in [-0.4, -0.2) is 17.1 Å². The SMILES string of the molecule is CCC1C(C)CC2C(=O)OC(C)C2C1/C=C/c1ccc(-c2ccccc2Cl)cn1. The number of nitrogens with zero attached hydrogens (tertiary/aromatic N) is 1. The van der Waals surface area contributed by atoms with E-state index in [-0.39, 0.29) is 23.9 Å². The Kier molecular flexibility index (Phi) is 5.78. The maximum atomic E-state index is 12.3. The van der Waals surface area contributed by atoms with Crippen molar-refractivity contribution in [1.29, 1.82) is 0 Å². The third kappa shape index (κ3) is 3.85. The van der Waals surface area contributed by atoms with E-state index in [1.54, 1.807) is 0 Å². The molecule has 6 unspecified atom stereocenters. The zero-order chi connectivity index (χ0) is 20.5. The fraction of sp³-hybridized carbons (Fsp3) is 0.440. The lowest BCUT2D eigenvalue weighted by Gasteiger charge is -2.41. The summed E-state index contributed by atoms with van der Waals surface area (Å²) < 4.78 is 5.61. The van der Waals surface area contributed by atoms with Crippen molar-refractivity contribution in [3.8, 4) is 11.1 Å². The predicted molar refractivity (Wildman–Crippen MR) is 117 cm³/mol. The lowest BCUT2D eigenvalue weighted by Crippen LogP contribution is -2.40. The molecule has 2 aromatic rings. The number of hydrogen-bond donors (Lipinski definition) is 0. The molecule has 0 amide bonds. The first-order chi connectivity index (χ1) is 14.0. The van der Waals surface area contributed by atoms with E-state index >= 15 is 0 Å². The molecule has 3 nitrogen and oxygen atoms in total. The summed E-state index contributed by atoms with van der Waals surface area (Å²) in [5.41, 5.74) is 2.92. The number of pyridine rings is 1. The number of benzene rings is 1. The number of rotatable bonds is 4. The monoisotopic (exact) mass is 409 g/mol. The summed E-state index contributed by atoms with van der Waals surface area (Å²) in [6.07, 6.45) is 8.29. The topological polar surface area (TPSA) is 39.2 Å². The summed E-state index contributed by atoms with van der Waals surface area (Å²) in [6.45, 7) is 6.57. The van der Waals surface area contributed by atoms with Gasteiger partial charge in [-0.1, -0.05) is 62.2 Å². The van der Waals surface area contributed by atoms with Crippen molar-refractivity contribution in [2.24, 2.45) is 29.6 Å². The molecule has 152 valence electrons. The van der Waals surface area contributed by atoms with Gasteiger partial charge in [-0.2, -0.15) is 0 Å². The highest BCUT2D eigenvalue weighted by molar-refractivity contribution is 6.33. The van der Waals surface area contributed by atoms with Gasteiger partial charge in [0, 0.05) is 28.3 Å². The molecule has 1 aliphatic carbocycles. The highest BCUT2D eigenvalue weighted by Gasteiger charge is 2.52. The van der Waals surface area contributed by atoms with Gasteiger partial charge in [0.1, 0.15) is 6.10 Å². The van der Waals surface area contributed by atoms with Crippen LogP contribution in [0.15, 0.2) is 48.7 Å². The van der Waals surface area contributed by atoms with Crippen molar-refractivity contribution in [3.05, 3.63) is 59.4 Å². The molecule has 1 aliphatic heterocycles. The van der Waals surface area contributed by atoms with Gasteiger partial charge < -0.3 is 4.74 Å². The summed E-state index contributed by atoms with van der Waals surface area (Å²) in [6, 6.07) is 11.9. The Hall–Kier alpha value is -2.13. The molecule has 2 aliphatic rings. The van der Waals surface area contributed by atoms with E-state index in [0.29, 0.717) is 17.8 Å². The Morgan fingerprint density at radius 1 is 1.21 bits per heavy atom. The van der Waals surface area contributed by atoms with Crippen LogP contribution in [0.25, 0.3) is 17.2 Å². The number of allylic oxidation sites excluding steroid dienone is 1. The van der Waals surface area contributed by atoms with Gasteiger partial charge in [-0.3, -0.25) is 9.78 Å². The second kappa shape index (κ2) is 8.31. The van der Waals surface area contributed by atoms with E-state index in [2.05, 4.69) is 37.0 Å². The van der Waals surface area contributed by atoms with Gasteiger partial charge in [-0.15, -0.1) is 0 Å². The molecule has 4 rings (SSSR count). The average molecular weight is 410 g/mol. The Morgan fingerprint density at radius 2 is 2.00 bits per heavy atom. The molecular weight excluding hydrogens is 382 g/mol. The minimum absolute atomic E-state index is 0.00970. The van der Waals surface area contributed by atoms with Gasteiger partial charge in [-0.05, 0) is 49.3 Å². The van der Waals surface area contributed by atoms with E-state index in [1.807, 2.05) is 43.5 Å². The van der Waals surface area contributed by atoms with Gasteiger partial charge in [0.25, 0.3) is 0 Å². The number of ether oxygens (including phenoxy) is 1. The standard InChI is InChI=1S/C25H28ClNO2/c1-4-19-15(2)13-22-24(16(3)29-25(22)28)21(19)12-11-18-10-9-17(14-27-18)20-7-5-6-8-23(20)26/h5-12,14-16,19,21-22,24H,4,13H2,1-3H3/b12-11+. The molecule has 29 heavy (non-hydrogen) atoms. The highest BCUT2D eigenvalue weighted by atomic mass is 35.5. The maximum Gasteiger partial charge on any atom is 0.309 e. The first-order valence-corrected chi connectivity index (χ1v) is 11.0. The van der Waals surface area contributed by atoms with E-state index in [9.17, 15) is 4.79 Å². The van der Waals surface area contributed by atoms with Gasteiger partial charge in [0.05, 0.1) is 11.6 Å². The maximum absolute atomic E-state index is 12.3. The highest BCUT2D eigenvalue weighted by Crippen LogP contribution is 2.50. The Bertz CT molecular complexity index is 907. The molecule has 0 radical (unpaired) electrons. The average Bonchev–Trinajstić information content (AvgIpc) is 3.00. The molecule has 6 atom stereocenters. The summed E-state index contributed by atoms with van der Waals surface area (Å²) in [4.78, 5) is 16.9. The summed E-state index contributed by atoms with van der Waals surface area (Å²) >= 11 is 6.30. The van der Waals surface area contributed by atoms with Crippen LogP contribution in [0.4, 0.5) is 0 Å². The molecule has 2 fully saturated rings. The minimum Gasteiger partial charge on any atom is -0.462 e. The van der Waals surface area contributed by atoms with E-state index < -0.39 is 0 Å². The number of hydrogen-bond acceptors (Lipinski definition) is 3. The van der Waals surface area contributed by atoms with Gasteiger partial charge >= 0.3 is 5.97 Å². The predicted octanol–water partition coefficient (Wildman–Crippen LogP) is 6.28. The van der Waals surface area contributed by atoms with Crippen LogP contribution in [0.3, 0.4) is 0 Å². The van der Waals surface area contributed by atoms with Crippen molar-refractivity contribution in [2.45, 2.75) is 39.7 Å². The number of carbonyl (C=O) groups excluding carboxylic acids is 1. The number of fused-ring (bicyclic) bond motifs is 1. The Balaban J connectivity index is 1.58. The number of halogens is 1. The molecule has 4 heteroatoms. The molecular formula is C25H28ClNO2. The van der Waals surface area contributed by atoms with Crippen LogP contribution < -0.4 is 0 Å². The minimum atomic E-state index is -0.0146. The quantitative estimate of drug-likeness (QED) is 0.558. The van der Waals surface area contributed by atoms with Crippen LogP contribution in [0, 0.1) is 29.6 Å². The van der Waals surface area contributed by atoms with Crippen LogP contribution in [0.2, 0.25) is 5.02 Å². The lowest BCUT2D eigenvalue weighted by molar-refractivity contribution is -0.144. The number of cyclic esters (lactones) is 1. The van der Waals surface area contributed by atoms with E-state index in [1.165, 1.54) is 0 Å². The van der Waals surface area contributed by atoms with Gasteiger partial charge in [-0.25, -0.2) is 0 Å². The van der Waals surface area contributed by atoms with Gasteiger partial charge in [0.2, 0.25) is 0 Å². The fourth-order valence-corrected chi connectivity index (χ4v) is 5.67. The van der Waals surface area contributed by atoms with E-state index in [0.717, 1.165) is 34.7 Å². The van der Waals surface area contributed by atoms with E-state index in [4.69, 9.17) is 16.3 Å². The Labute approximate surface area is 178 Å². The molecule has 2 heterocycles. The van der Waals surface area contributed by atoms with Crippen LogP contribution in [-0.2, 0) is 9.53 Å².